The molecule has 1 amide bonds. The molecule has 1 aromatic heterocycles. The number of methoxy groups -OCH3 is 1. The highest BCUT2D eigenvalue weighted by molar-refractivity contribution is 6.34. The van der Waals surface area contributed by atoms with E-state index in [1.807, 2.05) is 0 Å². The summed E-state index contributed by atoms with van der Waals surface area (Å²) in [6.45, 7) is 0.475. The fraction of sp³-hybridized carbons (Fsp3) is 0.417. The molecule has 102 valence electrons. The molecule has 1 aromatic rings. The first kappa shape index (κ1) is 14.1. The summed E-state index contributed by atoms with van der Waals surface area (Å²) in [6, 6.07) is 2.44. The van der Waals surface area contributed by atoms with Crippen LogP contribution in [0.5, 0.6) is 0 Å². The van der Waals surface area contributed by atoms with Crippen LogP contribution >= 0.6 is 23.2 Å². The van der Waals surface area contributed by atoms with Crippen LogP contribution in [-0.4, -0.2) is 41.5 Å². The molecule has 1 saturated heterocycles. The number of carbonyl (C=O) groups excluding carboxylic acids is 2. The van der Waals surface area contributed by atoms with Crippen molar-refractivity contribution >= 4 is 35.1 Å². The number of esters is 1. The second-order valence-electron chi connectivity index (χ2n) is 4.14. The molecule has 0 saturated carbocycles. The molecular weight excluding hydrogens is 291 g/mol. The number of nitrogens with zero attached hydrogens (tertiary/aromatic N) is 2. The normalized spacial score (nSPS) is 18.5. The predicted molar refractivity (Wildman–Crippen MR) is 70.3 cm³/mol. The summed E-state index contributed by atoms with van der Waals surface area (Å²) in [4.78, 5) is 29.3. The summed E-state index contributed by atoms with van der Waals surface area (Å²) in [5, 5.41) is 0.395. The topological polar surface area (TPSA) is 59.5 Å². The average molecular weight is 303 g/mol. The maximum atomic E-state index is 12.4. The zero-order chi connectivity index (χ0) is 14.0. The van der Waals surface area contributed by atoms with Crippen LogP contribution in [0.25, 0.3) is 0 Å². The zero-order valence-corrected chi connectivity index (χ0v) is 11.7. The third-order valence-corrected chi connectivity index (χ3v) is 3.52. The van der Waals surface area contributed by atoms with Gasteiger partial charge in [-0.1, -0.05) is 23.2 Å². The maximum absolute atomic E-state index is 12.4. The van der Waals surface area contributed by atoms with Gasteiger partial charge in [0.1, 0.15) is 16.9 Å². The van der Waals surface area contributed by atoms with E-state index in [9.17, 15) is 9.59 Å². The molecule has 1 aliphatic rings. The number of rotatable bonds is 2. The quantitative estimate of drug-likeness (QED) is 0.620. The summed E-state index contributed by atoms with van der Waals surface area (Å²) in [5.41, 5.74) is 0.0602. The van der Waals surface area contributed by atoms with Crippen molar-refractivity contribution < 1.29 is 14.3 Å². The number of carbonyl (C=O) groups is 2. The lowest BCUT2D eigenvalue weighted by atomic mass is 10.2. The van der Waals surface area contributed by atoms with Gasteiger partial charge in [0.15, 0.2) is 0 Å². The molecule has 1 atom stereocenters. The number of halogens is 2. The van der Waals surface area contributed by atoms with Crippen molar-refractivity contribution in [3.63, 3.8) is 0 Å². The van der Waals surface area contributed by atoms with E-state index in [1.54, 1.807) is 0 Å². The molecule has 1 unspecified atom stereocenters. The number of hydrogen-bond acceptors (Lipinski definition) is 4. The minimum Gasteiger partial charge on any atom is -0.467 e. The first-order valence-corrected chi connectivity index (χ1v) is 6.51. The van der Waals surface area contributed by atoms with Crippen molar-refractivity contribution in [2.75, 3.05) is 13.7 Å². The molecular formula is C12H12Cl2N2O3. The standard InChI is InChI=1S/C12H12Cl2N2O3/c1-19-12(18)8-3-2-6-16(8)11(17)10-7(13)4-5-9(14)15-10/h4-5,8H,2-3,6H2,1H3. The Bertz CT molecular complexity index is 522. The van der Waals surface area contributed by atoms with Crippen LogP contribution in [-0.2, 0) is 9.53 Å². The fourth-order valence-electron chi connectivity index (χ4n) is 2.10. The van der Waals surface area contributed by atoms with Gasteiger partial charge in [-0.25, -0.2) is 9.78 Å². The van der Waals surface area contributed by atoms with Gasteiger partial charge < -0.3 is 9.64 Å². The van der Waals surface area contributed by atoms with E-state index in [4.69, 9.17) is 27.9 Å². The lowest BCUT2D eigenvalue weighted by molar-refractivity contribution is -0.145. The molecule has 2 rings (SSSR count). The molecule has 1 fully saturated rings. The van der Waals surface area contributed by atoms with E-state index in [0.717, 1.165) is 6.42 Å². The lowest BCUT2D eigenvalue weighted by Gasteiger charge is -2.22. The summed E-state index contributed by atoms with van der Waals surface area (Å²) >= 11 is 11.7. The van der Waals surface area contributed by atoms with Crippen LogP contribution in [0.2, 0.25) is 10.2 Å². The molecule has 0 radical (unpaired) electrons. The Hall–Kier alpha value is -1.33. The predicted octanol–water partition coefficient (Wildman–Crippen LogP) is 2.17. The zero-order valence-electron chi connectivity index (χ0n) is 10.2. The minimum atomic E-state index is -0.575. The number of hydrogen-bond donors (Lipinski definition) is 0. The van der Waals surface area contributed by atoms with Crippen LogP contribution in [0.3, 0.4) is 0 Å². The van der Waals surface area contributed by atoms with Gasteiger partial charge in [0.05, 0.1) is 12.1 Å². The third-order valence-electron chi connectivity index (χ3n) is 3.00. The Morgan fingerprint density at radius 2 is 2.16 bits per heavy atom. The maximum Gasteiger partial charge on any atom is 0.328 e. The Morgan fingerprint density at radius 3 is 2.84 bits per heavy atom. The van der Waals surface area contributed by atoms with Crippen LogP contribution < -0.4 is 0 Å². The van der Waals surface area contributed by atoms with E-state index in [2.05, 4.69) is 4.98 Å². The van der Waals surface area contributed by atoms with Gasteiger partial charge in [-0.2, -0.15) is 0 Å². The van der Waals surface area contributed by atoms with Crippen LogP contribution in [0.1, 0.15) is 23.3 Å². The fourth-order valence-corrected chi connectivity index (χ4v) is 2.43. The number of pyridine rings is 1. The SMILES string of the molecule is COC(=O)C1CCCN1C(=O)c1nc(Cl)ccc1Cl. The van der Waals surface area contributed by atoms with E-state index in [1.165, 1.54) is 24.1 Å². The molecule has 0 aliphatic carbocycles. The van der Waals surface area contributed by atoms with E-state index in [-0.39, 0.29) is 15.9 Å². The van der Waals surface area contributed by atoms with Crippen LogP contribution in [0.15, 0.2) is 12.1 Å². The summed E-state index contributed by atoms with van der Waals surface area (Å²) in [5.74, 6) is -0.829. The minimum absolute atomic E-state index is 0.0602. The van der Waals surface area contributed by atoms with Crippen molar-refractivity contribution in [3.05, 3.63) is 28.0 Å². The Balaban J connectivity index is 2.28. The van der Waals surface area contributed by atoms with Gasteiger partial charge in [-0.3, -0.25) is 4.79 Å². The number of aromatic nitrogens is 1. The van der Waals surface area contributed by atoms with Gasteiger partial charge in [-0.05, 0) is 25.0 Å². The van der Waals surface area contributed by atoms with E-state index < -0.39 is 17.9 Å². The van der Waals surface area contributed by atoms with Gasteiger partial charge in [-0.15, -0.1) is 0 Å². The Kier molecular flexibility index (Phi) is 4.27. The molecule has 19 heavy (non-hydrogen) atoms. The monoisotopic (exact) mass is 302 g/mol. The summed E-state index contributed by atoms with van der Waals surface area (Å²) < 4.78 is 4.69. The van der Waals surface area contributed by atoms with Crippen molar-refractivity contribution in [3.8, 4) is 0 Å². The smallest absolute Gasteiger partial charge is 0.328 e. The second-order valence-corrected chi connectivity index (χ2v) is 4.94. The highest BCUT2D eigenvalue weighted by Crippen LogP contribution is 2.24. The average Bonchev–Trinajstić information content (AvgIpc) is 2.89. The van der Waals surface area contributed by atoms with Crippen molar-refractivity contribution in [1.82, 2.24) is 9.88 Å². The number of amides is 1. The number of ether oxygens (including phenoxy) is 1. The molecule has 0 spiro atoms. The van der Waals surface area contributed by atoms with Crippen molar-refractivity contribution in [2.24, 2.45) is 0 Å². The molecule has 0 N–H and O–H groups in total. The molecule has 1 aliphatic heterocycles. The van der Waals surface area contributed by atoms with Crippen LogP contribution in [0, 0.1) is 0 Å². The second kappa shape index (κ2) is 5.75. The molecule has 0 aromatic carbocycles. The van der Waals surface area contributed by atoms with Crippen molar-refractivity contribution in [1.29, 1.82) is 0 Å². The highest BCUT2D eigenvalue weighted by atomic mass is 35.5. The molecule has 0 bridgehead atoms. The largest absolute Gasteiger partial charge is 0.467 e. The van der Waals surface area contributed by atoms with Gasteiger partial charge in [0.2, 0.25) is 0 Å². The van der Waals surface area contributed by atoms with E-state index in [0.29, 0.717) is 13.0 Å². The first-order chi connectivity index (χ1) is 9.04. The van der Waals surface area contributed by atoms with Gasteiger partial charge in [0, 0.05) is 6.54 Å². The summed E-state index contributed by atoms with van der Waals surface area (Å²) in [6.07, 6.45) is 1.32. The third kappa shape index (κ3) is 2.82. The lowest BCUT2D eigenvalue weighted by Crippen LogP contribution is -2.41. The highest BCUT2D eigenvalue weighted by Gasteiger charge is 2.36. The van der Waals surface area contributed by atoms with Crippen molar-refractivity contribution in [2.45, 2.75) is 18.9 Å². The van der Waals surface area contributed by atoms with Gasteiger partial charge >= 0.3 is 5.97 Å². The molecule has 7 heteroatoms. The van der Waals surface area contributed by atoms with Crippen LogP contribution in [0.4, 0.5) is 0 Å². The van der Waals surface area contributed by atoms with Gasteiger partial charge in [0.25, 0.3) is 5.91 Å². The first-order valence-electron chi connectivity index (χ1n) is 5.75. The van der Waals surface area contributed by atoms with E-state index >= 15 is 0 Å². The summed E-state index contributed by atoms with van der Waals surface area (Å²) in [7, 11) is 1.30. The Labute approximate surface area is 120 Å². The number of likely N-dealkylation sites (tertiary alicyclic amines) is 1. The molecule has 5 nitrogen and oxygen atoms in total. The molecule has 2 heterocycles. The Morgan fingerprint density at radius 1 is 1.42 bits per heavy atom.